The van der Waals surface area contributed by atoms with Crippen LogP contribution in [0.3, 0.4) is 0 Å². The van der Waals surface area contributed by atoms with E-state index in [0.29, 0.717) is 54.5 Å². The van der Waals surface area contributed by atoms with Crippen LogP contribution in [0.1, 0.15) is 70.9 Å². The molecule has 2 aliphatic rings. The van der Waals surface area contributed by atoms with Crippen LogP contribution in [0, 0.1) is 11.6 Å². The minimum Gasteiger partial charge on any atom is -0.481 e. The Morgan fingerprint density at radius 2 is 1.17 bits per heavy atom. The summed E-state index contributed by atoms with van der Waals surface area (Å²) < 4.78 is 105. The molecule has 4 aromatic rings. The van der Waals surface area contributed by atoms with Gasteiger partial charge in [-0.15, -0.1) is 0 Å². The lowest BCUT2D eigenvalue weighted by molar-refractivity contribution is -0.138. The molecule has 48 heavy (non-hydrogen) atoms. The highest BCUT2D eigenvalue weighted by atomic mass is 19.4. The molecule has 2 N–H and O–H groups in total. The normalized spacial score (nSPS) is 16.9. The molecule has 0 amide bonds. The summed E-state index contributed by atoms with van der Waals surface area (Å²) in [7, 11) is 0. The van der Waals surface area contributed by atoms with Crippen LogP contribution in [0.5, 0.6) is 0 Å². The van der Waals surface area contributed by atoms with Gasteiger partial charge in [0.2, 0.25) is 0 Å². The summed E-state index contributed by atoms with van der Waals surface area (Å²) in [6.45, 7) is 0. The first-order valence-corrected chi connectivity index (χ1v) is 14.7. The van der Waals surface area contributed by atoms with Crippen molar-refractivity contribution in [2.75, 3.05) is 0 Å². The largest absolute Gasteiger partial charge is 0.481 e. The Labute approximate surface area is 268 Å². The maximum atomic E-state index is 14.3. The first-order valence-electron chi connectivity index (χ1n) is 14.7. The third-order valence-electron chi connectivity index (χ3n) is 8.53. The predicted octanol–water partition coefficient (Wildman–Crippen LogP) is 8.82. The summed E-state index contributed by atoms with van der Waals surface area (Å²) in [5, 5.41) is 18.0. The number of aromatic nitrogens is 2. The first-order chi connectivity index (χ1) is 22.5. The van der Waals surface area contributed by atoms with Crippen LogP contribution < -0.4 is 0 Å². The zero-order chi connectivity index (χ0) is 35.0. The molecule has 0 radical (unpaired) electrons. The maximum absolute atomic E-state index is 14.3. The van der Waals surface area contributed by atoms with Crippen molar-refractivity contribution < 1.29 is 54.9 Å². The standard InChI is InChI=1S/2C17H13F4NO2/c18-15-6-10(17(19,20)21)2-4-12(15)14-8-22-7-13-9(5-16(23)24)1-3-11(13)14;18-14-6-11(17(19,20)21)3-4-12(14)13-8-22-7-10-2-1-9(16(10)13)5-15(23)24/h2,4,6-9H,1,3,5H2,(H,23,24);3-4,6-9H,1-2,5H2,(H,23,24). The van der Waals surface area contributed by atoms with Crippen LogP contribution in [0.15, 0.2) is 61.2 Å². The van der Waals surface area contributed by atoms with Gasteiger partial charge in [0.25, 0.3) is 0 Å². The lowest BCUT2D eigenvalue weighted by Gasteiger charge is -2.15. The fraction of sp³-hybridized carbons (Fsp3) is 0.294. The van der Waals surface area contributed by atoms with Crippen molar-refractivity contribution in [1.29, 1.82) is 0 Å². The van der Waals surface area contributed by atoms with E-state index in [-0.39, 0.29) is 35.8 Å². The van der Waals surface area contributed by atoms with E-state index < -0.39 is 47.1 Å². The van der Waals surface area contributed by atoms with Crippen molar-refractivity contribution in [2.24, 2.45) is 0 Å². The molecule has 0 bridgehead atoms. The van der Waals surface area contributed by atoms with Gasteiger partial charge in [0.05, 0.1) is 24.0 Å². The summed E-state index contributed by atoms with van der Waals surface area (Å²) in [4.78, 5) is 30.0. The number of carbonyl (C=O) groups is 2. The number of hydrogen-bond acceptors (Lipinski definition) is 4. The zero-order valence-corrected chi connectivity index (χ0v) is 24.8. The average Bonchev–Trinajstić information content (AvgIpc) is 3.60. The van der Waals surface area contributed by atoms with Crippen molar-refractivity contribution in [3.8, 4) is 22.3 Å². The Morgan fingerprint density at radius 3 is 1.71 bits per heavy atom. The predicted molar refractivity (Wildman–Crippen MR) is 156 cm³/mol. The number of aryl methyl sites for hydroxylation is 1. The van der Waals surface area contributed by atoms with E-state index in [2.05, 4.69) is 9.97 Å². The van der Waals surface area contributed by atoms with Gasteiger partial charge in [-0.25, -0.2) is 8.78 Å². The molecule has 2 aromatic carbocycles. The van der Waals surface area contributed by atoms with E-state index in [1.165, 1.54) is 12.4 Å². The number of benzene rings is 2. The van der Waals surface area contributed by atoms with E-state index >= 15 is 0 Å². The second-order valence-corrected chi connectivity index (χ2v) is 11.6. The Kier molecular flexibility index (Phi) is 9.56. The topological polar surface area (TPSA) is 100 Å². The number of alkyl halides is 6. The summed E-state index contributed by atoms with van der Waals surface area (Å²) in [6, 6.07) is 4.75. The van der Waals surface area contributed by atoms with Gasteiger partial charge in [-0.2, -0.15) is 26.3 Å². The van der Waals surface area contributed by atoms with Gasteiger partial charge < -0.3 is 10.2 Å². The molecule has 0 saturated carbocycles. The molecule has 2 atom stereocenters. The number of halogens is 8. The van der Waals surface area contributed by atoms with Crippen LogP contribution in [-0.2, 0) is 34.8 Å². The third kappa shape index (κ3) is 7.32. The van der Waals surface area contributed by atoms with Gasteiger partial charge in [0.1, 0.15) is 11.6 Å². The van der Waals surface area contributed by atoms with E-state index in [9.17, 15) is 44.7 Å². The Hall–Kier alpha value is -4.88. The summed E-state index contributed by atoms with van der Waals surface area (Å²) in [6.07, 6.45) is -1.07. The Balaban J connectivity index is 0.000000188. The smallest absolute Gasteiger partial charge is 0.416 e. The van der Waals surface area contributed by atoms with Crippen molar-refractivity contribution in [3.05, 3.63) is 106 Å². The van der Waals surface area contributed by atoms with Crippen molar-refractivity contribution in [2.45, 2.75) is 62.7 Å². The molecule has 2 aromatic heterocycles. The minimum absolute atomic E-state index is 0.00430. The molecule has 0 fully saturated rings. The lowest BCUT2D eigenvalue weighted by Crippen LogP contribution is -2.07. The van der Waals surface area contributed by atoms with E-state index in [4.69, 9.17) is 10.2 Å². The molecule has 0 saturated heterocycles. The van der Waals surface area contributed by atoms with Crippen molar-refractivity contribution in [3.63, 3.8) is 0 Å². The SMILES string of the molecule is O=C(O)CC1CCc2c(-c3ccc(C(F)(F)F)cc3F)cncc21.O=C(O)CC1CCc2cncc(-c3ccc(C(F)(F)F)cc3F)c21. The number of aliphatic carboxylic acids is 2. The molecular formula is C34H26F8N2O4. The zero-order valence-electron chi connectivity index (χ0n) is 24.8. The number of nitrogens with zero attached hydrogens (tertiary/aromatic N) is 2. The van der Waals surface area contributed by atoms with Crippen molar-refractivity contribution in [1.82, 2.24) is 9.97 Å². The number of carboxylic acid groups (broad SMARTS) is 2. The van der Waals surface area contributed by atoms with Gasteiger partial charge >= 0.3 is 24.3 Å². The molecule has 14 heteroatoms. The van der Waals surface area contributed by atoms with Crippen LogP contribution in [0.4, 0.5) is 35.1 Å². The average molecular weight is 679 g/mol. The molecule has 2 heterocycles. The van der Waals surface area contributed by atoms with E-state index in [0.717, 1.165) is 41.0 Å². The molecule has 0 spiro atoms. The highest BCUT2D eigenvalue weighted by Crippen LogP contribution is 2.43. The molecule has 6 nitrogen and oxygen atoms in total. The highest BCUT2D eigenvalue weighted by molar-refractivity contribution is 5.74. The fourth-order valence-corrected chi connectivity index (χ4v) is 6.38. The lowest BCUT2D eigenvalue weighted by atomic mass is 9.90. The summed E-state index contributed by atoms with van der Waals surface area (Å²) in [5.41, 5.74) is 1.70. The molecule has 2 unspecified atom stereocenters. The van der Waals surface area contributed by atoms with Gasteiger partial charge in [0, 0.05) is 47.0 Å². The number of pyridine rings is 2. The van der Waals surface area contributed by atoms with Gasteiger partial charge in [-0.05, 0) is 84.0 Å². The summed E-state index contributed by atoms with van der Waals surface area (Å²) >= 11 is 0. The number of rotatable bonds is 6. The third-order valence-corrected chi connectivity index (χ3v) is 8.53. The monoisotopic (exact) mass is 678 g/mol. The quantitative estimate of drug-likeness (QED) is 0.198. The number of carboxylic acids is 2. The second kappa shape index (κ2) is 13.3. The number of fused-ring (bicyclic) bond motifs is 2. The van der Waals surface area contributed by atoms with Crippen LogP contribution in [-0.4, -0.2) is 32.1 Å². The minimum atomic E-state index is -4.62. The second-order valence-electron chi connectivity index (χ2n) is 11.6. The highest BCUT2D eigenvalue weighted by Gasteiger charge is 2.34. The number of hydrogen-bond donors (Lipinski definition) is 2. The maximum Gasteiger partial charge on any atom is 0.416 e. The molecular weight excluding hydrogens is 652 g/mol. The van der Waals surface area contributed by atoms with Gasteiger partial charge in [-0.1, -0.05) is 12.1 Å². The van der Waals surface area contributed by atoms with Gasteiger partial charge in [-0.3, -0.25) is 19.6 Å². The van der Waals surface area contributed by atoms with Crippen LogP contribution in [0.25, 0.3) is 22.3 Å². The Bertz CT molecular complexity index is 1870. The van der Waals surface area contributed by atoms with Crippen LogP contribution in [0.2, 0.25) is 0 Å². The fourth-order valence-electron chi connectivity index (χ4n) is 6.38. The van der Waals surface area contributed by atoms with E-state index in [1.807, 2.05) is 0 Å². The van der Waals surface area contributed by atoms with E-state index in [1.54, 1.807) is 12.4 Å². The molecule has 0 aliphatic heterocycles. The van der Waals surface area contributed by atoms with Crippen LogP contribution >= 0.6 is 0 Å². The molecule has 252 valence electrons. The Morgan fingerprint density at radius 1 is 0.667 bits per heavy atom. The summed E-state index contributed by atoms with van der Waals surface area (Å²) in [5.74, 6) is -4.37. The molecule has 6 rings (SSSR count). The molecule has 2 aliphatic carbocycles. The van der Waals surface area contributed by atoms with Gasteiger partial charge in [0.15, 0.2) is 0 Å². The van der Waals surface area contributed by atoms with Crippen molar-refractivity contribution >= 4 is 11.9 Å². The first kappa shape index (κ1) is 34.5.